The predicted molar refractivity (Wildman–Crippen MR) is 100 cm³/mol. The lowest BCUT2D eigenvalue weighted by Gasteiger charge is -2.13. The first-order valence-electron chi connectivity index (χ1n) is 8.94. The van der Waals surface area contributed by atoms with Crippen molar-refractivity contribution in [2.45, 2.75) is 30.2 Å². The van der Waals surface area contributed by atoms with Crippen LogP contribution < -0.4 is 14.2 Å². The number of anilines is 1. The molecule has 3 heterocycles. The van der Waals surface area contributed by atoms with Gasteiger partial charge in [0.05, 0.1) is 13.3 Å². The highest BCUT2D eigenvalue weighted by Crippen LogP contribution is 2.40. The Morgan fingerprint density at radius 1 is 1.30 bits per heavy atom. The molecule has 1 fully saturated rings. The van der Waals surface area contributed by atoms with Crippen molar-refractivity contribution in [2.24, 2.45) is 0 Å². The van der Waals surface area contributed by atoms with Gasteiger partial charge in [-0.1, -0.05) is 0 Å². The van der Waals surface area contributed by atoms with Gasteiger partial charge in [-0.15, -0.1) is 0 Å². The number of hydrogen-bond acceptors (Lipinski definition) is 6. The Morgan fingerprint density at radius 3 is 2.73 bits per heavy atom. The molecule has 12 heteroatoms. The van der Waals surface area contributed by atoms with E-state index in [0.717, 1.165) is 24.5 Å². The normalized spacial score (nSPS) is 14.3. The number of imidazole rings is 1. The molecular formula is C18H17F3N4O4S. The molecule has 0 radical (unpaired) electrons. The Balaban J connectivity index is 1.64. The summed E-state index contributed by atoms with van der Waals surface area (Å²) in [6.45, 7) is -1.07. The second-order valence-electron chi connectivity index (χ2n) is 6.70. The molecule has 1 aliphatic rings. The molecule has 0 bridgehead atoms. The van der Waals surface area contributed by atoms with Gasteiger partial charge in [-0.3, -0.25) is 9.12 Å². The van der Waals surface area contributed by atoms with Crippen molar-refractivity contribution in [1.82, 2.24) is 14.4 Å². The van der Waals surface area contributed by atoms with Crippen molar-refractivity contribution in [3.8, 4) is 11.8 Å². The van der Waals surface area contributed by atoms with E-state index in [2.05, 4.69) is 19.4 Å². The Hall–Kier alpha value is -3.02. The van der Waals surface area contributed by atoms with Gasteiger partial charge in [0, 0.05) is 12.3 Å². The number of rotatable bonds is 8. The summed E-state index contributed by atoms with van der Waals surface area (Å²) >= 11 is 0. The average molecular weight is 442 g/mol. The Kier molecular flexibility index (Phi) is 5.18. The van der Waals surface area contributed by atoms with Crippen molar-refractivity contribution >= 4 is 21.4 Å². The maximum absolute atomic E-state index is 14.2. The lowest BCUT2D eigenvalue weighted by molar-refractivity contribution is 0.0770. The fraction of sp³-hybridized carbons (Fsp3) is 0.333. The van der Waals surface area contributed by atoms with Gasteiger partial charge in [-0.05, 0) is 36.5 Å². The van der Waals surface area contributed by atoms with Gasteiger partial charge in [-0.25, -0.2) is 18.2 Å². The molecule has 0 aliphatic heterocycles. The van der Waals surface area contributed by atoms with E-state index < -0.39 is 34.8 Å². The number of ether oxygens (including phenoxy) is 2. The third-order valence-electron chi connectivity index (χ3n) is 4.52. The van der Waals surface area contributed by atoms with E-state index in [-0.39, 0.29) is 16.6 Å². The van der Waals surface area contributed by atoms with Crippen LogP contribution in [0, 0.1) is 5.82 Å². The summed E-state index contributed by atoms with van der Waals surface area (Å²) < 4.78 is 77.6. The number of halogens is 3. The summed E-state index contributed by atoms with van der Waals surface area (Å²) in [4.78, 5) is 7.77. The largest absolute Gasteiger partial charge is 0.479 e. The molecule has 1 saturated carbocycles. The second-order valence-corrected chi connectivity index (χ2v) is 8.33. The van der Waals surface area contributed by atoms with Crippen molar-refractivity contribution in [2.75, 3.05) is 18.4 Å². The average Bonchev–Trinajstić information content (AvgIpc) is 3.45. The van der Waals surface area contributed by atoms with Crippen LogP contribution in [0.2, 0.25) is 0 Å². The van der Waals surface area contributed by atoms with Crippen LogP contribution in [0.3, 0.4) is 0 Å². The Morgan fingerprint density at radius 2 is 2.07 bits per heavy atom. The third kappa shape index (κ3) is 3.99. The molecule has 3 aromatic heterocycles. The van der Waals surface area contributed by atoms with Crippen LogP contribution in [-0.4, -0.2) is 42.9 Å². The van der Waals surface area contributed by atoms with Gasteiger partial charge >= 0.3 is 0 Å². The van der Waals surface area contributed by atoms with Crippen LogP contribution in [0.1, 0.15) is 24.3 Å². The molecule has 30 heavy (non-hydrogen) atoms. The van der Waals surface area contributed by atoms with Gasteiger partial charge in [0.15, 0.2) is 17.5 Å². The molecule has 0 saturated heterocycles. The zero-order valence-electron chi connectivity index (χ0n) is 15.7. The van der Waals surface area contributed by atoms with Crippen molar-refractivity contribution < 1.29 is 31.1 Å². The minimum absolute atomic E-state index is 0.166. The number of fused-ring (bicyclic) bond motifs is 1. The van der Waals surface area contributed by atoms with E-state index in [0.29, 0.717) is 11.6 Å². The van der Waals surface area contributed by atoms with Crippen molar-refractivity contribution in [3.05, 3.63) is 42.0 Å². The number of nitrogens with one attached hydrogen (secondary N) is 1. The molecule has 8 nitrogen and oxygen atoms in total. The summed E-state index contributed by atoms with van der Waals surface area (Å²) in [5.41, 5.74) is 1.24. The second kappa shape index (κ2) is 7.67. The molecule has 1 N–H and O–H groups in total. The number of sulfonamides is 1. The summed E-state index contributed by atoms with van der Waals surface area (Å²) in [6, 6.07) is 4.41. The summed E-state index contributed by atoms with van der Waals surface area (Å²) in [7, 11) is -3.03. The highest BCUT2D eigenvalue weighted by molar-refractivity contribution is 7.92. The minimum Gasteiger partial charge on any atom is -0.479 e. The van der Waals surface area contributed by atoms with Crippen LogP contribution in [-0.2, 0) is 10.0 Å². The van der Waals surface area contributed by atoms with Gasteiger partial charge in [-0.2, -0.15) is 13.4 Å². The molecule has 1 aliphatic carbocycles. The quantitative estimate of drug-likeness (QED) is 0.576. The number of aromatic nitrogens is 3. The molecular weight excluding hydrogens is 425 g/mol. The lowest BCUT2D eigenvalue weighted by atomic mass is 10.2. The molecule has 0 unspecified atom stereocenters. The maximum atomic E-state index is 14.2. The smallest absolute Gasteiger partial charge is 0.279 e. The van der Waals surface area contributed by atoms with Crippen LogP contribution >= 0.6 is 0 Å². The molecule has 3 aromatic rings. The zero-order chi connectivity index (χ0) is 21.5. The van der Waals surface area contributed by atoms with E-state index in [4.69, 9.17) is 4.74 Å². The lowest BCUT2D eigenvalue weighted by Crippen LogP contribution is -2.17. The monoisotopic (exact) mass is 442 g/mol. The molecule has 160 valence electrons. The molecule has 0 spiro atoms. The summed E-state index contributed by atoms with van der Waals surface area (Å²) in [5.74, 6) is -1.71. The minimum atomic E-state index is -4.20. The Bertz CT molecular complexity index is 1200. The zero-order valence-corrected chi connectivity index (χ0v) is 16.5. The summed E-state index contributed by atoms with van der Waals surface area (Å²) in [6.07, 6.45) is 2.16. The van der Waals surface area contributed by atoms with Gasteiger partial charge in [0.1, 0.15) is 11.3 Å². The SMILES string of the molecule is COc1nc(OCC(F)F)c(F)cc1NS(=O)(=O)c1cnc2cc(C3CC3)ccn12. The number of alkyl halides is 2. The molecule has 0 amide bonds. The maximum Gasteiger partial charge on any atom is 0.279 e. The first-order valence-corrected chi connectivity index (χ1v) is 10.4. The first-order chi connectivity index (χ1) is 14.3. The standard InChI is InChI=1S/C18H17F3N4O4S/c1-28-18-13(7-12(19)17(23-18)29-9-14(20)21)24-30(26,27)16-8-22-15-6-11(10-2-3-10)4-5-25(15)16/h4-8,10,14,24H,2-3,9H2,1H3. The van der Waals surface area contributed by atoms with E-state index in [1.807, 2.05) is 12.1 Å². The molecule has 0 atom stereocenters. The van der Waals surface area contributed by atoms with Crippen LogP contribution in [0.4, 0.5) is 18.9 Å². The number of nitrogens with zero attached hydrogens (tertiary/aromatic N) is 3. The van der Waals surface area contributed by atoms with Gasteiger partial charge < -0.3 is 9.47 Å². The van der Waals surface area contributed by atoms with Crippen LogP contribution in [0.5, 0.6) is 11.8 Å². The molecule has 0 aromatic carbocycles. The molecule has 4 rings (SSSR count). The number of hydrogen-bond donors (Lipinski definition) is 1. The van der Waals surface area contributed by atoms with E-state index in [9.17, 15) is 21.6 Å². The fourth-order valence-electron chi connectivity index (χ4n) is 2.97. The number of methoxy groups -OCH3 is 1. The highest BCUT2D eigenvalue weighted by atomic mass is 32.2. The first kappa shape index (κ1) is 20.3. The topological polar surface area (TPSA) is 94.8 Å². The van der Waals surface area contributed by atoms with E-state index in [1.54, 1.807) is 6.20 Å². The van der Waals surface area contributed by atoms with Crippen LogP contribution in [0.15, 0.2) is 35.6 Å². The third-order valence-corrected chi connectivity index (χ3v) is 5.86. The van der Waals surface area contributed by atoms with Gasteiger partial charge in [0.2, 0.25) is 5.88 Å². The van der Waals surface area contributed by atoms with E-state index in [1.165, 1.54) is 17.7 Å². The predicted octanol–water partition coefficient (Wildman–Crippen LogP) is 3.20. The highest BCUT2D eigenvalue weighted by Gasteiger charge is 2.26. The van der Waals surface area contributed by atoms with E-state index >= 15 is 0 Å². The van der Waals surface area contributed by atoms with Crippen molar-refractivity contribution in [1.29, 1.82) is 0 Å². The van der Waals surface area contributed by atoms with Crippen molar-refractivity contribution in [3.63, 3.8) is 0 Å². The summed E-state index contributed by atoms with van der Waals surface area (Å²) in [5, 5.41) is -0.166. The Labute approximate surface area is 169 Å². The van der Waals surface area contributed by atoms with Gasteiger partial charge in [0.25, 0.3) is 22.3 Å². The number of pyridine rings is 2. The fourth-order valence-corrected chi connectivity index (χ4v) is 4.11. The van der Waals surface area contributed by atoms with Crippen LogP contribution in [0.25, 0.3) is 5.65 Å².